The molecule has 6 aromatic rings. The molecule has 0 unspecified atom stereocenters. The van der Waals surface area contributed by atoms with Gasteiger partial charge in [-0.2, -0.15) is 4.57 Å². The third-order valence-electron chi connectivity index (χ3n) is 6.26. The lowest BCUT2D eigenvalue weighted by Crippen LogP contribution is -2.36. The lowest BCUT2D eigenvalue weighted by Gasteiger charge is -2.04. The lowest BCUT2D eigenvalue weighted by atomic mass is 10.1. The van der Waals surface area contributed by atoms with E-state index in [1.807, 2.05) is 60.4 Å². The van der Waals surface area contributed by atoms with Gasteiger partial charge in [-0.15, -0.1) is 11.3 Å². The zero-order valence-electron chi connectivity index (χ0n) is 19.2. The van der Waals surface area contributed by atoms with Crippen LogP contribution in [0.25, 0.3) is 32.3 Å². The van der Waals surface area contributed by atoms with Gasteiger partial charge in [0.1, 0.15) is 0 Å². The first-order valence-corrected chi connectivity index (χ1v) is 12.4. The summed E-state index contributed by atoms with van der Waals surface area (Å²) in [5.41, 5.74) is 6.15. The quantitative estimate of drug-likeness (QED) is 0.292. The van der Waals surface area contributed by atoms with Crippen LogP contribution in [0.15, 0.2) is 122 Å². The Labute approximate surface area is 208 Å². The van der Waals surface area contributed by atoms with Crippen LogP contribution in [0.1, 0.15) is 10.4 Å². The number of thiophene rings is 1. The number of pyridine rings is 4. The molecular formula is C30H24N4S+2. The van der Waals surface area contributed by atoms with Crippen molar-refractivity contribution in [3.8, 4) is 22.3 Å². The van der Waals surface area contributed by atoms with Crippen molar-refractivity contribution >= 4 is 21.4 Å². The minimum atomic E-state index is 0.839. The summed E-state index contributed by atoms with van der Waals surface area (Å²) in [6, 6.07) is 25.6. The molecule has 5 heterocycles. The largest absolute Gasteiger partial charge is 0.265 e. The van der Waals surface area contributed by atoms with Crippen LogP contribution < -0.4 is 9.13 Å². The van der Waals surface area contributed by atoms with Gasteiger partial charge < -0.3 is 0 Å². The number of nitrogens with zero attached hydrogens (tertiary/aromatic N) is 4. The third-order valence-corrected chi connectivity index (χ3v) is 7.46. The van der Waals surface area contributed by atoms with Crippen molar-refractivity contribution in [2.24, 2.45) is 0 Å². The minimum absolute atomic E-state index is 0.839. The van der Waals surface area contributed by atoms with Gasteiger partial charge in [0.05, 0.1) is 4.88 Å². The fourth-order valence-corrected chi connectivity index (χ4v) is 5.62. The number of fused-ring (bicyclic) bond motifs is 1. The maximum Gasteiger partial charge on any atom is 0.183 e. The predicted molar refractivity (Wildman–Crippen MR) is 140 cm³/mol. The molecule has 0 N–H and O–H groups in total. The highest BCUT2D eigenvalue weighted by molar-refractivity contribution is 7.19. The summed E-state index contributed by atoms with van der Waals surface area (Å²) in [5, 5.41) is 1.34. The fourth-order valence-electron chi connectivity index (χ4n) is 4.40. The summed E-state index contributed by atoms with van der Waals surface area (Å²) in [6.07, 6.45) is 16.0. The molecule has 0 spiro atoms. The third kappa shape index (κ3) is 4.59. The van der Waals surface area contributed by atoms with Crippen LogP contribution in [0, 0.1) is 0 Å². The molecule has 5 heteroatoms. The molecule has 35 heavy (non-hydrogen) atoms. The van der Waals surface area contributed by atoms with Crippen LogP contribution >= 0.6 is 11.3 Å². The second kappa shape index (κ2) is 9.57. The molecule has 5 aromatic heterocycles. The van der Waals surface area contributed by atoms with Gasteiger partial charge in [0.2, 0.25) is 0 Å². The highest BCUT2D eigenvalue weighted by Crippen LogP contribution is 2.31. The number of rotatable bonds is 6. The Hall–Kier alpha value is -4.22. The zero-order chi connectivity index (χ0) is 23.5. The van der Waals surface area contributed by atoms with Crippen molar-refractivity contribution in [1.82, 2.24) is 9.97 Å². The van der Waals surface area contributed by atoms with Crippen LogP contribution in [-0.2, 0) is 13.1 Å². The highest BCUT2D eigenvalue weighted by Gasteiger charge is 2.19. The van der Waals surface area contributed by atoms with Crippen LogP contribution in [0.4, 0.5) is 0 Å². The summed E-state index contributed by atoms with van der Waals surface area (Å²) in [7, 11) is 0. The van der Waals surface area contributed by atoms with Gasteiger partial charge >= 0.3 is 0 Å². The molecule has 0 bridgehead atoms. The first-order valence-electron chi connectivity index (χ1n) is 11.6. The van der Waals surface area contributed by atoms with Gasteiger partial charge in [-0.3, -0.25) is 9.97 Å². The topological polar surface area (TPSA) is 33.5 Å². The van der Waals surface area contributed by atoms with E-state index in [2.05, 4.69) is 92.4 Å². The number of hydrogen-bond acceptors (Lipinski definition) is 3. The van der Waals surface area contributed by atoms with Crippen LogP contribution in [0.2, 0.25) is 0 Å². The van der Waals surface area contributed by atoms with E-state index < -0.39 is 0 Å². The summed E-state index contributed by atoms with van der Waals surface area (Å²) >= 11 is 1.89. The maximum absolute atomic E-state index is 4.12. The molecule has 0 radical (unpaired) electrons. The molecule has 0 aliphatic heterocycles. The van der Waals surface area contributed by atoms with E-state index >= 15 is 0 Å². The van der Waals surface area contributed by atoms with Gasteiger partial charge in [-0.1, -0.05) is 18.2 Å². The average Bonchev–Trinajstić information content (AvgIpc) is 3.27. The first-order chi connectivity index (χ1) is 17.3. The van der Waals surface area contributed by atoms with Gasteiger partial charge in [0.25, 0.3) is 0 Å². The van der Waals surface area contributed by atoms with Crippen LogP contribution in [0.3, 0.4) is 0 Å². The highest BCUT2D eigenvalue weighted by atomic mass is 32.1. The zero-order valence-corrected chi connectivity index (χ0v) is 20.0. The smallest absolute Gasteiger partial charge is 0.183 e. The summed E-state index contributed by atoms with van der Waals surface area (Å²) in [5.74, 6) is 0. The van der Waals surface area contributed by atoms with Crippen LogP contribution in [-0.4, -0.2) is 9.97 Å². The molecule has 0 amide bonds. The van der Waals surface area contributed by atoms with E-state index in [0.717, 1.165) is 13.1 Å². The summed E-state index contributed by atoms with van der Waals surface area (Å²) in [4.78, 5) is 9.63. The molecular weight excluding hydrogens is 448 g/mol. The second-order valence-electron chi connectivity index (χ2n) is 8.49. The Morgan fingerprint density at radius 1 is 0.543 bits per heavy atom. The Morgan fingerprint density at radius 3 is 1.60 bits per heavy atom. The first kappa shape index (κ1) is 21.3. The Balaban J connectivity index is 1.29. The van der Waals surface area contributed by atoms with E-state index in [4.69, 9.17) is 0 Å². The standard InChI is InChI=1S/C30H24N4S/c1-2-4-29-27(3-1)28(21-33-17-9-25(10-18-33)23-5-13-31-14-6-23)30(35-29)22-34-19-11-26(12-20-34)24-7-15-32-16-8-24/h1-20H,21-22H2/q+2. The monoisotopic (exact) mass is 472 g/mol. The van der Waals surface area contributed by atoms with E-state index in [0.29, 0.717) is 0 Å². The molecule has 0 aliphatic rings. The average molecular weight is 473 g/mol. The molecule has 0 atom stereocenters. The maximum atomic E-state index is 4.12. The second-order valence-corrected chi connectivity index (χ2v) is 9.63. The van der Waals surface area contributed by atoms with Crippen molar-refractivity contribution in [2.45, 2.75) is 13.1 Å². The number of benzene rings is 1. The summed E-state index contributed by atoms with van der Waals surface area (Å²) in [6.45, 7) is 1.69. The predicted octanol–water partition coefficient (Wildman–Crippen LogP) is 5.70. The summed E-state index contributed by atoms with van der Waals surface area (Å²) < 4.78 is 5.86. The van der Waals surface area contributed by atoms with Crippen LogP contribution in [0.5, 0.6) is 0 Å². The van der Waals surface area contributed by atoms with Gasteiger partial charge in [-0.05, 0) is 52.6 Å². The Morgan fingerprint density at radius 2 is 1.03 bits per heavy atom. The molecule has 6 rings (SSSR count). The minimum Gasteiger partial charge on any atom is -0.265 e. The van der Waals surface area contributed by atoms with E-state index in [1.165, 1.54) is 42.8 Å². The van der Waals surface area contributed by atoms with Crippen molar-refractivity contribution in [1.29, 1.82) is 0 Å². The van der Waals surface area contributed by atoms with Crippen molar-refractivity contribution in [3.05, 3.63) is 133 Å². The van der Waals surface area contributed by atoms with Gasteiger partial charge in [-0.25, -0.2) is 4.57 Å². The van der Waals surface area contributed by atoms with E-state index in [1.54, 1.807) is 0 Å². The fraction of sp³-hybridized carbons (Fsp3) is 0.0667. The SMILES string of the molecule is c1ccc2c(C[n+]3ccc(-c4ccncc4)cc3)c(C[n+]3ccc(-c4ccncc4)cc3)sc2c1. The number of hydrogen-bond donors (Lipinski definition) is 0. The number of aromatic nitrogens is 4. The molecule has 0 saturated heterocycles. The molecule has 0 fully saturated rings. The van der Waals surface area contributed by atoms with Crippen molar-refractivity contribution in [3.63, 3.8) is 0 Å². The molecule has 168 valence electrons. The van der Waals surface area contributed by atoms with Gasteiger partial charge in [0, 0.05) is 64.7 Å². The Kier molecular flexibility index (Phi) is 5.83. The molecule has 0 aliphatic carbocycles. The molecule has 0 saturated carbocycles. The van der Waals surface area contributed by atoms with Gasteiger partial charge in [0.15, 0.2) is 37.9 Å². The normalized spacial score (nSPS) is 11.1. The molecule has 4 nitrogen and oxygen atoms in total. The lowest BCUT2D eigenvalue weighted by molar-refractivity contribution is -0.692. The van der Waals surface area contributed by atoms with E-state index in [9.17, 15) is 0 Å². The Bertz CT molecular complexity index is 1560. The van der Waals surface area contributed by atoms with Crippen molar-refractivity contribution < 1.29 is 9.13 Å². The van der Waals surface area contributed by atoms with Crippen molar-refractivity contribution in [2.75, 3.05) is 0 Å². The van der Waals surface area contributed by atoms with E-state index in [-0.39, 0.29) is 0 Å². The molecule has 1 aromatic carbocycles.